The van der Waals surface area contributed by atoms with Gasteiger partial charge in [0.05, 0.1) is 11.2 Å². The van der Waals surface area contributed by atoms with E-state index in [1.54, 1.807) is 5.06 Å². The van der Waals surface area contributed by atoms with E-state index in [-0.39, 0.29) is 11.5 Å². The van der Waals surface area contributed by atoms with Crippen LogP contribution in [0.3, 0.4) is 0 Å². The Hall–Kier alpha value is -1.51. The number of nitrogens with zero attached hydrogens (tertiary/aromatic N) is 1. The Balaban J connectivity index is 2.40. The number of benzene rings is 1. The summed E-state index contributed by atoms with van der Waals surface area (Å²) < 4.78 is 0. The normalized spacial score (nSPS) is 23.1. The van der Waals surface area contributed by atoms with Crippen molar-refractivity contribution in [2.24, 2.45) is 0 Å². The van der Waals surface area contributed by atoms with Crippen LogP contribution in [0.2, 0.25) is 0 Å². The SMILES string of the molecule is CCC1(C)Cc2ccccc2N1OC(C)=O. The first-order valence-electron chi connectivity index (χ1n) is 5.63. The predicted octanol–water partition coefficient (Wildman–Crippen LogP) is 2.70. The molecule has 86 valence electrons. The minimum atomic E-state index is -0.267. The third kappa shape index (κ3) is 1.66. The molecule has 0 amide bonds. The fraction of sp³-hybridized carbons (Fsp3) is 0.462. The van der Waals surface area contributed by atoms with Crippen LogP contribution in [0.4, 0.5) is 5.69 Å². The van der Waals surface area contributed by atoms with E-state index in [0.29, 0.717) is 0 Å². The Morgan fingerprint density at radius 2 is 2.19 bits per heavy atom. The quantitative estimate of drug-likeness (QED) is 0.766. The van der Waals surface area contributed by atoms with Crippen LogP contribution in [0.5, 0.6) is 0 Å². The molecule has 0 spiro atoms. The minimum absolute atomic E-state index is 0.116. The highest BCUT2D eigenvalue weighted by Crippen LogP contribution is 2.40. The molecule has 1 aromatic carbocycles. The molecule has 0 radical (unpaired) electrons. The summed E-state index contributed by atoms with van der Waals surface area (Å²) in [5, 5.41) is 1.77. The van der Waals surface area contributed by atoms with Gasteiger partial charge in [-0.1, -0.05) is 25.1 Å². The van der Waals surface area contributed by atoms with Gasteiger partial charge in [0.1, 0.15) is 0 Å². The number of fused-ring (bicyclic) bond motifs is 1. The van der Waals surface area contributed by atoms with E-state index in [2.05, 4.69) is 19.9 Å². The van der Waals surface area contributed by atoms with E-state index in [1.807, 2.05) is 18.2 Å². The zero-order valence-corrected chi connectivity index (χ0v) is 9.99. The summed E-state index contributed by atoms with van der Waals surface area (Å²) in [6, 6.07) is 8.08. The van der Waals surface area contributed by atoms with Crippen molar-refractivity contribution in [1.29, 1.82) is 0 Å². The number of hydrogen-bond acceptors (Lipinski definition) is 3. The topological polar surface area (TPSA) is 29.5 Å². The van der Waals surface area contributed by atoms with Gasteiger partial charge >= 0.3 is 5.97 Å². The zero-order chi connectivity index (χ0) is 11.8. The van der Waals surface area contributed by atoms with Crippen LogP contribution in [0.1, 0.15) is 32.8 Å². The van der Waals surface area contributed by atoms with Gasteiger partial charge in [-0.05, 0) is 25.0 Å². The van der Waals surface area contributed by atoms with E-state index >= 15 is 0 Å². The summed E-state index contributed by atoms with van der Waals surface area (Å²) in [4.78, 5) is 16.5. The summed E-state index contributed by atoms with van der Waals surface area (Å²) in [5.41, 5.74) is 2.14. The van der Waals surface area contributed by atoms with Crippen molar-refractivity contribution in [3.05, 3.63) is 29.8 Å². The largest absolute Gasteiger partial charge is 0.341 e. The number of carbonyl (C=O) groups excluding carboxylic acids is 1. The third-order valence-electron chi connectivity index (χ3n) is 3.25. The predicted molar refractivity (Wildman–Crippen MR) is 63.1 cm³/mol. The lowest BCUT2D eigenvalue weighted by atomic mass is 9.95. The van der Waals surface area contributed by atoms with Gasteiger partial charge in [0, 0.05) is 13.3 Å². The van der Waals surface area contributed by atoms with E-state index in [4.69, 9.17) is 4.84 Å². The van der Waals surface area contributed by atoms with E-state index in [9.17, 15) is 4.79 Å². The van der Waals surface area contributed by atoms with E-state index in [0.717, 1.165) is 18.5 Å². The average molecular weight is 219 g/mol. The second kappa shape index (κ2) is 3.81. The highest BCUT2D eigenvalue weighted by Gasteiger charge is 2.40. The number of hydrogen-bond donors (Lipinski definition) is 0. The molecule has 1 aliphatic heterocycles. The highest BCUT2D eigenvalue weighted by atomic mass is 16.7. The Morgan fingerprint density at radius 3 is 2.81 bits per heavy atom. The summed E-state index contributed by atoms with van der Waals surface area (Å²) in [6.07, 6.45) is 1.86. The van der Waals surface area contributed by atoms with Crippen molar-refractivity contribution in [2.75, 3.05) is 5.06 Å². The molecule has 1 unspecified atom stereocenters. The summed E-state index contributed by atoms with van der Waals surface area (Å²) in [6.45, 7) is 5.68. The molecule has 1 atom stereocenters. The lowest BCUT2D eigenvalue weighted by Gasteiger charge is -2.33. The molecule has 0 saturated heterocycles. The smallest absolute Gasteiger partial charge is 0.329 e. The molecule has 2 rings (SSSR count). The first kappa shape index (κ1) is 11.0. The van der Waals surface area contributed by atoms with Gasteiger partial charge in [0.15, 0.2) is 0 Å². The fourth-order valence-corrected chi connectivity index (χ4v) is 2.19. The number of para-hydroxylation sites is 1. The van der Waals surface area contributed by atoms with Gasteiger partial charge in [-0.25, -0.2) is 5.06 Å². The maximum Gasteiger partial charge on any atom is 0.329 e. The van der Waals surface area contributed by atoms with Crippen molar-refractivity contribution >= 4 is 11.7 Å². The summed E-state index contributed by atoms with van der Waals surface area (Å²) in [5.74, 6) is -0.267. The molecule has 3 heteroatoms. The molecular weight excluding hydrogens is 202 g/mol. The van der Waals surface area contributed by atoms with Crippen molar-refractivity contribution in [1.82, 2.24) is 0 Å². The molecule has 0 N–H and O–H groups in total. The van der Waals surface area contributed by atoms with Crippen LogP contribution in [0, 0.1) is 0 Å². The van der Waals surface area contributed by atoms with Gasteiger partial charge in [-0.2, -0.15) is 0 Å². The summed E-state index contributed by atoms with van der Waals surface area (Å²) in [7, 11) is 0. The van der Waals surface area contributed by atoms with Crippen molar-refractivity contribution in [3.63, 3.8) is 0 Å². The molecule has 0 bridgehead atoms. The lowest BCUT2D eigenvalue weighted by molar-refractivity contribution is -0.144. The van der Waals surface area contributed by atoms with Crippen LogP contribution < -0.4 is 5.06 Å². The number of carbonyl (C=O) groups is 1. The van der Waals surface area contributed by atoms with Crippen LogP contribution in [0.25, 0.3) is 0 Å². The van der Waals surface area contributed by atoms with Crippen molar-refractivity contribution in [3.8, 4) is 0 Å². The van der Waals surface area contributed by atoms with Crippen LogP contribution >= 0.6 is 0 Å². The molecule has 0 saturated carbocycles. The van der Waals surface area contributed by atoms with Gasteiger partial charge in [-0.3, -0.25) is 4.79 Å². The highest BCUT2D eigenvalue weighted by molar-refractivity contribution is 5.70. The van der Waals surface area contributed by atoms with Crippen LogP contribution in [-0.2, 0) is 16.1 Å². The number of hydroxylamine groups is 1. The van der Waals surface area contributed by atoms with Crippen molar-refractivity contribution in [2.45, 2.75) is 39.2 Å². The van der Waals surface area contributed by atoms with Gasteiger partial charge in [-0.15, -0.1) is 0 Å². The summed E-state index contributed by atoms with van der Waals surface area (Å²) >= 11 is 0. The average Bonchev–Trinajstić information content (AvgIpc) is 2.53. The second-order valence-corrected chi connectivity index (χ2v) is 4.53. The van der Waals surface area contributed by atoms with E-state index in [1.165, 1.54) is 12.5 Å². The third-order valence-corrected chi connectivity index (χ3v) is 3.25. The molecule has 3 nitrogen and oxygen atoms in total. The Kier molecular flexibility index (Phi) is 2.62. The first-order chi connectivity index (χ1) is 7.57. The van der Waals surface area contributed by atoms with Gasteiger partial charge < -0.3 is 4.84 Å². The minimum Gasteiger partial charge on any atom is -0.341 e. The molecule has 1 heterocycles. The molecule has 0 aromatic heterocycles. The van der Waals surface area contributed by atoms with E-state index < -0.39 is 0 Å². The van der Waals surface area contributed by atoms with Gasteiger partial charge in [0.25, 0.3) is 0 Å². The van der Waals surface area contributed by atoms with Crippen molar-refractivity contribution < 1.29 is 9.63 Å². The molecule has 16 heavy (non-hydrogen) atoms. The molecule has 0 aliphatic carbocycles. The standard InChI is InChI=1S/C13H17NO2/c1-4-13(3)9-11-7-5-6-8-12(11)14(13)16-10(2)15/h5-8H,4,9H2,1-3H3. The Morgan fingerprint density at radius 1 is 1.50 bits per heavy atom. The monoisotopic (exact) mass is 219 g/mol. The molecular formula is C13H17NO2. The number of anilines is 1. The maximum absolute atomic E-state index is 11.1. The number of rotatable bonds is 2. The molecule has 1 aromatic rings. The fourth-order valence-electron chi connectivity index (χ4n) is 2.19. The first-order valence-corrected chi connectivity index (χ1v) is 5.63. The van der Waals surface area contributed by atoms with Crippen LogP contribution in [-0.4, -0.2) is 11.5 Å². The lowest BCUT2D eigenvalue weighted by Crippen LogP contribution is -2.44. The molecule has 1 aliphatic rings. The van der Waals surface area contributed by atoms with Gasteiger partial charge in [0.2, 0.25) is 0 Å². The Labute approximate surface area is 96.0 Å². The zero-order valence-electron chi connectivity index (χ0n) is 9.99. The molecule has 0 fully saturated rings. The Bertz CT molecular complexity index is 416. The maximum atomic E-state index is 11.1. The second-order valence-electron chi connectivity index (χ2n) is 4.53. The van der Waals surface area contributed by atoms with Crippen LogP contribution in [0.15, 0.2) is 24.3 Å².